The van der Waals surface area contributed by atoms with Gasteiger partial charge in [-0.3, -0.25) is 9.58 Å². The lowest BCUT2D eigenvalue weighted by Crippen LogP contribution is -2.29. The summed E-state index contributed by atoms with van der Waals surface area (Å²) < 4.78 is 20.7. The largest absolute Gasteiger partial charge is 0.384 e. The Balaban J connectivity index is 1.77. The van der Waals surface area contributed by atoms with E-state index in [-0.39, 0.29) is 5.82 Å². The van der Waals surface area contributed by atoms with Crippen LogP contribution < -0.4 is 0 Å². The second-order valence-corrected chi connectivity index (χ2v) is 5.63. The molecular formula is C16H20FN3O. The van der Waals surface area contributed by atoms with Crippen LogP contribution in [0.25, 0.3) is 0 Å². The lowest BCUT2D eigenvalue weighted by atomic mass is 10.1. The molecule has 2 heterocycles. The minimum atomic E-state index is -0.180. The molecule has 1 aliphatic rings. The summed E-state index contributed by atoms with van der Waals surface area (Å²) in [6.07, 6.45) is 1.84. The first kappa shape index (κ1) is 14.2. The number of rotatable bonds is 4. The Morgan fingerprint density at radius 2 is 2.24 bits per heavy atom. The van der Waals surface area contributed by atoms with E-state index >= 15 is 0 Å². The first-order valence-electron chi connectivity index (χ1n) is 7.21. The van der Waals surface area contributed by atoms with Crippen LogP contribution in [0, 0.1) is 11.7 Å². The lowest BCUT2D eigenvalue weighted by molar-refractivity contribution is 0.114. The van der Waals surface area contributed by atoms with E-state index in [1.807, 2.05) is 18.3 Å². The van der Waals surface area contributed by atoms with Crippen LogP contribution in [0.15, 0.2) is 36.5 Å². The number of nitrogens with zero attached hydrogens (tertiary/aromatic N) is 3. The van der Waals surface area contributed by atoms with Gasteiger partial charge in [-0.15, -0.1) is 0 Å². The molecule has 0 fully saturated rings. The molecule has 21 heavy (non-hydrogen) atoms. The molecule has 0 unspecified atom stereocenters. The Kier molecular flexibility index (Phi) is 4.31. The molecule has 2 aromatic rings. The van der Waals surface area contributed by atoms with Gasteiger partial charge in [-0.1, -0.05) is 12.1 Å². The molecule has 3 rings (SSSR count). The van der Waals surface area contributed by atoms with E-state index in [0.29, 0.717) is 12.5 Å². The average molecular weight is 289 g/mol. The molecule has 1 aromatic carbocycles. The van der Waals surface area contributed by atoms with Gasteiger partial charge in [0.25, 0.3) is 0 Å². The molecule has 112 valence electrons. The van der Waals surface area contributed by atoms with Crippen LogP contribution >= 0.6 is 0 Å². The first-order chi connectivity index (χ1) is 10.2. The highest BCUT2D eigenvalue weighted by atomic mass is 19.1. The molecule has 4 nitrogen and oxygen atoms in total. The Morgan fingerprint density at radius 3 is 3.05 bits per heavy atom. The number of halogens is 1. The van der Waals surface area contributed by atoms with Gasteiger partial charge in [0.05, 0.1) is 12.3 Å². The van der Waals surface area contributed by atoms with Crippen LogP contribution in [-0.4, -0.2) is 34.9 Å². The van der Waals surface area contributed by atoms with Crippen molar-refractivity contribution in [1.82, 2.24) is 14.7 Å². The van der Waals surface area contributed by atoms with E-state index in [9.17, 15) is 4.39 Å². The van der Waals surface area contributed by atoms with E-state index < -0.39 is 0 Å². The summed E-state index contributed by atoms with van der Waals surface area (Å²) in [7, 11) is 1.73. The quantitative estimate of drug-likeness (QED) is 0.865. The fraction of sp³-hybridized carbons (Fsp3) is 0.438. The fourth-order valence-corrected chi connectivity index (χ4v) is 2.97. The van der Waals surface area contributed by atoms with Gasteiger partial charge in [0, 0.05) is 45.4 Å². The number of benzene rings is 1. The van der Waals surface area contributed by atoms with Gasteiger partial charge in [0.1, 0.15) is 5.82 Å². The summed E-state index contributed by atoms with van der Waals surface area (Å²) in [5, 5.41) is 4.38. The molecule has 0 N–H and O–H groups in total. The Labute approximate surface area is 124 Å². The third-order valence-electron chi connectivity index (χ3n) is 3.84. The van der Waals surface area contributed by atoms with E-state index in [1.54, 1.807) is 19.2 Å². The third-order valence-corrected chi connectivity index (χ3v) is 3.84. The maximum absolute atomic E-state index is 13.3. The van der Waals surface area contributed by atoms with E-state index in [4.69, 9.17) is 4.74 Å². The van der Waals surface area contributed by atoms with Crippen molar-refractivity contribution in [1.29, 1.82) is 0 Å². The Morgan fingerprint density at radius 1 is 1.33 bits per heavy atom. The van der Waals surface area contributed by atoms with Gasteiger partial charge >= 0.3 is 0 Å². The molecule has 1 atom stereocenters. The molecule has 0 spiro atoms. The summed E-state index contributed by atoms with van der Waals surface area (Å²) in [6, 6.07) is 8.87. The van der Waals surface area contributed by atoms with E-state index in [1.165, 1.54) is 11.8 Å². The van der Waals surface area contributed by atoms with E-state index in [0.717, 1.165) is 31.7 Å². The Bertz CT molecular complexity index is 599. The predicted octanol–water partition coefficient (Wildman–Crippen LogP) is 2.30. The van der Waals surface area contributed by atoms with Gasteiger partial charge in [-0.25, -0.2) is 4.39 Å². The Hall–Kier alpha value is -1.72. The van der Waals surface area contributed by atoms with Crippen molar-refractivity contribution in [3.05, 3.63) is 53.6 Å². The molecule has 0 bridgehead atoms. The fourth-order valence-electron chi connectivity index (χ4n) is 2.97. The average Bonchev–Trinajstić information content (AvgIpc) is 2.79. The summed E-state index contributed by atoms with van der Waals surface area (Å²) in [5.41, 5.74) is 2.20. The highest BCUT2D eigenvalue weighted by Gasteiger charge is 2.22. The molecule has 0 aliphatic carbocycles. The zero-order chi connectivity index (χ0) is 14.7. The smallest absolute Gasteiger partial charge is 0.123 e. The lowest BCUT2D eigenvalue weighted by Gasteiger charge is -2.23. The van der Waals surface area contributed by atoms with Crippen molar-refractivity contribution in [3.8, 4) is 0 Å². The molecule has 1 aromatic heterocycles. The van der Waals surface area contributed by atoms with Crippen molar-refractivity contribution >= 4 is 0 Å². The number of fused-ring (bicyclic) bond motifs is 1. The van der Waals surface area contributed by atoms with Crippen molar-refractivity contribution in [2.45, 2.75) is 19.6 Å². The molecule has 1 aliphatic heterocycles. The number of hydrogen-bond acceptors (Lipinski definition) is 3. The molecule has 0 saturated heterocycles. The van der Waals surface area contributed by atoms with Crippen LogP contribution in [-0.2, 0) is 24.4 Å². The maximum atomic E-state index is 13.3. The third kappa shape index (κ3) is 3.49. The highest BCUT2D eigenvalue weighted by molar-refractivity contribution is 5.16. The second-order valence-electron chi connectivity index (χ2n) is 5.63. The summed E-state index contributed by atoms with van der Waals surface area (Å²) in [5.74, 6) is 0.213. The minimum absolute atomic E-state index is 0.180. The molecule has 0 radical (unpaired) electrons. The highest BCUT2D eigenvalue weighted by Crippen LogP contribution is 2.18. The summed E-state index contributed by atoms with van der Waals surface area (Å²) >= 11 is 0. The second kappa shape index (κ2) is 6.37. The normalized spacial score (nSPS) is 19.2. The number of ether oxygens (including phenoxy) is 1. The van der Waals surface area contributed by atoms with Gasteiger partial charge in [0.2, 0.25) is 0 Å². The van der Waals surface area contributed by atoms with Crippen LogP contribution in [0.5, 0.6) is 0 Å². The summed E-state index contributed by atoms with van der Waals surface area (Å²) in [6.45, 7) is 4.07. The van der Waals surface area contributed by atoms with Crippen LogP contribution in [0.3, 0.4) is 0 Å². The van der Waals surface area contributed by atoms with Gasteiger partial charge in [0.15, 0.2) is 0 Å². The first-order valence-corrected chi connectivity index (χ1v) is 7.21. The minimum Gasteiger partial charge on any atom is -0.384 e. The SMILES string of the molecule is COC[C@H]1CN(Cc2cccc(F)c2)Cc2ccnn2C1. The number of hydrogen-bond donors (Lipinski definition) is 0. The van der Waals surface area contributed by atoms with Crippen LogP contribution in [0.2, 0.25) is 0 Å². The molecule has 0 saturated carbocycles. The van der Waals surface area contributed by atoms with Gasteiger partial charge < -0.3 is 4.74 Å². The van der Waals surface area contributed by atoms with Crippen molar-refractivity contribution < 1.29 is 9.13 Å². The van der Waals surface area contributed by atoms with Crippen molar-refractivity contribution in [2.24, 2.45) is 5.92 Å². The maximum Gasteiger partial charge on any atom is 0.123 e. The van der Waals surface area contributed by atoms with Crippen molar-refractivity contribution in [3.63, 3.8) is 0 Å². The summed E-state index contributed by atoms with van der Waals surface area (Å²) in [4.78, 5) is 2.33. The van der Waals surface area contributed by atoms with E-state index in [2.05, 4.69) is 14.7 Å². The van der Waals surface area contributed by atoms with Crippen LogP contribution in [0.4, 0.5) is 4.39 Å². The number of methoxy groups -OCH3 is 1. The van der Waals surface area contributed by atoms with Gasteiger partial charge in [-0.05, 0) is 23.8 Å². The topological polar surface area (TPSA) is 30.3 Å². The van der Waals surface area contributed by atoms with Gasteiger partial charge in [-0.2, -0.15) is 5.10 Å². The zero-order valence-electron chi connectivity index (χ0n) is 12.2. The molecule has 0 amide bonds. The standard InChI is InChI=1S/C16H20FN3O/c1-21-12-14-9-19(8-13-3-2-4-15(17)7-13)11-16-5-6-18-20(16)10-14/h2-7,14H,8-12H2,1H3/t14-/m0/s1. The monoisotopic (exact) mass is 289 g/mol. The van der Waals surface area contributed by atoms with Crippen molar-refractivity contribution in [2.75, 3.05) is 20.3 Å². The van der Waals surface area contributed by atoms with Crippen LogP contribution in [0.1, 0.15) is 11.3 Å². The predicted molar refractivity (Wildman–Crippen MR) is 78.1 cm³/mol. The zero-order valence-corrected chi connectivity index (χ0v) is 12.2. The molecular weight excluding hydrogens is 269 g/mol. The number of aromatic nitrogens is 2. The molecule has 5 heteroatoms.